The van der Waals surface area contributed by atoms with Crippen molar-refractivity contribution in [1.82, 2.24) is 5.32 Å². The van der Waals surface area contributed by atoms with E-state index in [2.05, 4.69) is 16.6 Å². The van der Waals surface area contributed by atoms with Crippen LogP contribution in [0, 0.1) is 0 Å². The predicted octanol–water partition coefficient (Wildman–Crippen LogP) is 2.38. The van der Waals surface area contributed by atoms with Crippen molar-refractivity contribution in [1.29, 1.82) is 0 Å². The second-order valence-electron chi connectivity index (χ2n) is 4.20. The van der Waals surface area contributed by atoms with Crippen molar-refractivity contribution in [3.8, 4) is 0 Å². The Morgan fingerprint density at radius 2 is 1.89 bits per heavy atom. The number of esters is 1. The molecule has 0 aliphatic heterocycles. The molecule has 106 valence electrons. The second kappa shape index (κ2) is 6.72. The molecule has 3 nitrogen and oxygen atoms in total. The van der Waals surface area contributed by atoms with E-state index >= 15 is 0 Å². The summed E-state index contributed by atoms with van der Waals surface area (Å²) in [6.45, 7) is 4.18. The lowest BCUT2D eigenvalue weighted by Gasteiger charge is -2.20. The van der Waals surface area contributed by atoms with Gasteiger partial charge in [-0.05, 0) is 13.8 Å². The smallest absolute Gasteiger partial charge is 0.333 e. The molecule has 1 N–H and O–H groups in total. The SMILES string of the molecule is C=C(C)C(=O)OCCNCC(F)(F)CC(C)(F)F. The van der Waals surface area contributed by atoms with Gasteiger partial charge in [-0.2, -0.15) is 0 Å². The average molecular weight is 271 g/mol. The number of alkyl halides is 4. The maximum Gasteiger partial charge on any atom is 0.333 e. The van der Waals surface area contributed by atoms with Crippen LogP contribution in [0.15, 0.2) is 12.2 Å². The van der Waals surface area contributed by atoms with Crippen LogP contribution in [0.5, 0.6) is 0 Å². The lowest BCUT2D eigenvalue weighted by atomic mass is 10.1. The largest absolute Gasteiger partial charge is 0.461 e. The van der Waals surface area contributed by atoms with Crippen LogP contribution < -0.4 is 5.32 Å². The summed E-state index contributed by atoms with van der Waals surface area (Å²) < 4.78 is 55.4. The van der Waals surface area contributed by atoms with Gasteiger partial charge in [0.15, 0.2) is 0 Å². The molecule has 0 aliphatic rings. The number of ether oxygens (including phenoxy) is 1. The fraction of sp³-hybridized carbons (Fsp3) is 0.727. The van der Waals surface area contributed by atoms with E-state index in [1.165, 1.54) is 6.92 Å². The summed E-state index contributed by atoms with van der Waals surface area (Å²) in [5, 5.41) is 2.25. The Balaban J connectivity index is 3.78. The van der Waals surface area contributed by atoms with Gasteiger partial charge in [-0.15, -0.1) is 0 Å². The summed E-state index contributed by atoms with van der Waals surface area (Å²) in [6, 6.07) is 0. The number of nitrogens with one attached hydrogen (secondary N) is 1. The zero-order valence-corrected chi connectivity index (χ0v) is 10.4. The highest BCUT2D eigenvalue weighted by molar-refractivity contribution is 5.86. The van der Waals surface area contributed by atoms with Crippen LogP contribution in [0.4, 0.5) is 17.6 Å². The van der Waals surface area contributed by atoms with Gasteiger partial charge in [0.1, 0.15) is 6.61 Å². The van der Waals surface area contributed by atoms with E-state index in [0.29, 0.717) is 6.92 Å². The zero-order chi connectivity index (χ0) is 14.4. The van der Waals surface area contributed by atoms with Crippen molar-refractivity contribution in [2.75, 3.05) is 19.7 Å². The summed E-state index contributed by atoms with van der Waals surface area (Å²) in [5.41, 5.74) is 0.200. The maximum atomic E-state index is 13.0. The van der Waals surface area contributed by atoms with Crippen LogP contribution in [0.2, 0.25) is 0 Å². The van der Waals surface area contributed by atoms with E-state index in [1.54, 1.807) is 0 Å². The topological polar surface area (TPSA) is 38.3 Å². The molecule has 0 heterocycles. The Hall–Kier alpha value is -1.11. The minimum Gasteiger partial charge on any atom is -0.461 e. The third kappa shape index (κ3) is 8.98. The molecule has 0 fully saturated rings. The third-order valence-electron chi connectivity index (χ3n) is 1.81. The van der Waals surface area contributed by atoms with E-state index in [0.717, 1.165) is 0 Å². The van der Waals surface area contributed by atoms with Crippen molar-refractivity contribution in [2.45, 2.75) is 32.1 Å². The van der Waals surface area contributed by atoms with Gasteiger partial charge in [0.2, 0.25) is 0 Å². The first-order chi connectivity index (χ1) is 8.03. The highest BCUT2D eigenvalue weighted by atomic mass is 19.3. The average Bonchev–Trinajstić information content (AvgIpc) is 2.12. The molecule has 0 atom stereocenters. The Morgan fingerprint density at radius 1 is 1.33 bits per heavy atom. The summed E-state index contributed by atoms with van der Waals surface area (Å²) in [5.74, 6) is -7.54. The molecule has 0 saturated carbocycles. The molecular formula is C11H17F4NO2. The number of rotatable bonds is 8. The van der Waals surface area contributed by atoms with E-state index < -0.39 is 30.8 Å². The van der Waals surface area contributed by atoms with Gasteiger partial charge in [-0.1, -0.05) is 6.58 Å². The van der Waals surface area contributed by atoms with Crippen molar-refractivity contribution < 1.29 is 27.1 Å². The molecule has 0 saturated heterocycles. The van der Waals surface area contributed by atoms with Crippen molar-refractivity contribution >= 4 is 5.97 Å². The summed E-state index contributed by atoms with van der Waals surface area (Å²) >= 11 is 0. The van der Waals surface area contributed by atoms with Crippen LogP contribution in [-0.4, -0.2) is 37.5 Å². The summed E-state index contributed by atoms with van der Waals surface area (Å²) in [7, 11) is 0. The Bertz CT molecular complexity index is 300. The van der Waals surface area contributed by atoms with Gasteiger partial charge in [0.05, 0.1) is 13.0 Å². The van der Waals surface area contributed by atoms with Gasteiger partial charge in [-0.25, -0.2) is 22.4 Å². The monoisotopic (exact) mass is 271 g/mol. The number of carbonyl (C=O) groups excluding carboxylic acids is 1. The minimum absolute atomic E-state index is 0.0378. The van der Waals surface area contributed by atoms with Crippen molar-refractivity contribution in [3.63, 3.8) is 0 Å². The molecule has 0 amide bonds. The molecule has 0 radical (unpaired) electrons. The molecule has 0 aliphatic carbocycles. The molecule has 18 heavy (non-hydrogen) atoms. The summed E-state index contributed by atoms with van der Waals surface area (Å²) in [6.07, 6.45) is -1.52. The van der Waals surface area contributed by atoms with Gasteiger partial charge < -0.3 is 10.1 Å². The van der Waals surface area contributed by atoms with E-state index in [1.807, 2.05) is 0 Å². The third-order valence-corrected chi connectivity index (χ3v) is 1.81. The predicted molar refractivity (Wildman–Crippen MR) is 58.8 cm³/mol. The fourth-order valence-corrected chi connectivity index (χ4v) is 1.13. The second-order valence-corrected chi connectivity index (χ2v) is 4.20. The lowest BCUT2D eigenvalue weighted by Crippen LogP contribution is -2.38. The van der Waals surface area contributed by atoms with Crippen LogP contribution in [0.25, 0.3) is 0 Å². The number of carbonyl (C=O) groups is 1. The van der Waals surface area contributed by atoms with E-state index in [9.17, 15) is 22.4 Å². The van der Waals surface area contributed by atoms with Gasteiger partial charge >= 0.3 is 5.97 Å². The molecule has 0 spiro atoms. The Morgan fingerprint density at radius 3 is 2.33 bits per heavy atom. The Kier molecular flexibility index (Phi) is 6.31. The molecule has 0 rings (SSSR count). The minimum atomic E-state index is -3.50. The van der Waals surface area contributed by atoms with E-state index in [-0.39, 0.29) is 18.7 Å². The molecular weight excluding hydrogens is 254 g/mol. The number of hydrogen-bond acceptors (Lipinski definition) is 3. The molecule has 0 bridgehead atoms. The summed E-state index contributed by atoms with van der Waals surface area (Å²) in [4.78, 5) is 10.9. The first-order valence-corrected chi connectivity index (χ1v) is 5.32. The number of halogens is 4. The van der Waals surface area contributed by atoms with Crippen LogP contribution >= 0.6 is 0 Å². The fourth-order valence-electron chi connectivity index (χ4n) is 1.13. The lowest BCUT2D eigenvalue weighted by molar-refractivity contribution is -0.138. The first kappa shape index (κ1) is 16.9. The van der Waals surface area contributed by atoms with Gasteiger partial charge in [-0.3, -0.25) is 0 Å². The van der Waals surface area contributed by atoms with Gasteiger partial charge in [0, 0.05) is 12.1 Å². The van der Waals surface area contributed by atoms with Crippen LogP contribution in [0.1, 0.15) is 20.3 Å². The standard InChI is InChI=1S/C11H17F4NO2/c1-8(2)9(17)18-5-4-16-7-11(14,15)6-10(3,12)13/h16H,1,4-7H2,2-3H3. The Labute approximate surface area is 103 Å². The molecule has 0 unspecified atom stereocenters. The molecule has 7 heteroatoms. The highest BCUT2D eigenvalue weighted by Crippen LogP contribution is 2.29. The first-order valence-electron chi connectivity index (χ1n) is 5.32. The quantitative estimate of drug-likeness (QED) is 0.319. The van der Waals surface area contributed by atoms with Crippen molar-refractivity contribution in [3.05, 3.63) is 12.2 Å². The maximum absolute atomic E-state index is 13.0. The van der Waals surface area contributed by atoms with Crippen LogP contribution in [-0.2, 0) is 9.53 Å². The highest BCUT2D eigenvalue weighted by Gasteiger charge is 2.39. The number of hydrogen-bond donors (Lipinski definition) is 1. The van der Waals surface area contributed by atoms with Crippen molar-refractivity contribution in [2.24, 2.45) is 0 Å². The normalized spacial score (nSPS) is 12.3. The van der Waals surface area contributed by atoms with E-state index in [4.69, 9.17) is 0 Å². The molecule has 0 aromatic rings. The molecule has 0 aromatic heterocycles. The van der Waals surface area contributed by atoms with Crippen LogP contribution in [0.3, 0.4) is 0 Å². The van der Waals surface area contributed by atoms with Gasteiger partial charge in [0.25, 0.3) is 11.8 Å². The zero-order valence-electron chi connectivity index (χ0n) is 10.4. The molecule has 0 aromatic carbocycles.